The summed E-state index contributed by atoms with van der Waals surface area (Å²) in [5.74, 6) is 6.18. The summed E-state index contributed by atoms with van der Waals surface area (Å²) in [5, 5.41) is 13.6. The molecule has 0 aromatic rings. The molecule has 1 N–H and O–H groups in total. The molecule has 0 radical (unpaired) electrons. The molecule has 4 heteroatoms. The molecule has 0 bridgehead atoms. The van der Waals surface area contributed by atoms with Gasteiger partial charge in [-0.1, -0.05) is 40.4 Å². The zero-order valence-corrected chi connectivity index (χ0v) is 17.8. The predicted molar refractivity (Wildman–Crippen MR) is 108 cm³/mol. The van der Waals surface area contributed by atoms with Crippen molar-refractivity contribution in [1.29, 1.82) is 0 Å². The highest BCUT2D eigenvalue weighted by Gasteiger charge is 2.57. The molecule has 0 aliphatic heterocycles. The average Bonchev–Trinajstić information content (AvgIpc) is 2.98. The normalized spacial score (nSPS) is 46.9. The van der Waals surface area contributed by atoms with Crippen LogP contribution in [-0.4, -0.2) is 21.8 Å². The van der Waals surface area contributed by atoms with Crippen LogP contribution in [0.5, 0.6) is 0 Å². The second kappa shape index (κ2) is 6.94. The molecule has 4 aliphatic carbocycles. The molecule has 0 aromatic carbocycles. The van der Waals surface area contributed by atoms with E-state index >= 15 is 0 Å². The Kier molecular flexibility index (Phi) is 5.08. The van der Waals surface area contributed by atoms with E-state index in [1.807, 2.05) is 0 Å². The van der Waals surface area contributed by atoms with Crippen molar-refractivity contribution >= 4 is 33.3 Å². The minimum absolute atomic E-state index is 0.191. The summed E-state index contributed by atoms with van der Waals surface area (Å²) < 4.78 is 0. The maximum absolute atomic E-state index is 12.5. The Bertz CT molecular complexity index is 692. The first-order chi connectivity index (χ1) is 12.4. The molecule has 0 saturated heterocycles. The van der Waals surface area contributed by atoms with Crippen molar-refractivity contribution in [2.45, 2.75) is 63.9 Å². The molecule has 26 heavy (non-hydrogen) atoms. The molecule has 1 unspecified atom stereocenters. The van der Waals surface area contributed by atoms with Gasteiger partial charge in [0.2, 0.25) is 0 Å². The lowest BCUT2D eigenvalue weighted by molar-refractivity contribution is -0.126. The van der Waals surface area contributed by atoms with Crippen LogP contribution in [0, 0.1) is 46.3 Å². The van der Waals surface area contributed by atoms with Crippen LogP contribution in [0.4, 0.5) is 0 Å². The Labute approximate surface area is 170 Å². The van der Waals surface area contributed by atoms with E-state index in [4.69, 9.17) is 11.6 Å². The molecule has 0 amide bonds. The van der Waals surface area contributed by atoms with Crippen molar-refractivity contribution in [2.75, 3.05) is 5.33 Å². The van der Waals surface area contributed by atoms with E-state index < -0.39 is 5.60 Å². The molecule has 3 fully saturated rings. The molecule has 0 heterocycles. The van der Waals surface area contributed by atoms with Crippen molar-refractivity contribution in [2.24, 2.45) is 35.0 Å². The van der Waals surface area contributed by atoms with Crippen LogP contribution >= 0.6 is 27.5 Å². The first-order valence-corrected chi connectivity index (χ1v) is 11.5. The number of ketones is 1. The van der Waals surface area contributed by atoms with Gasteiger partial charge in [0.25, 0.3) is 0 Å². The number of halogens is 2. The lowest BCUT2D eigenvalue weighted by Crippen LogP contribution is -2.48. The van der Waals surface area contributed by atoms with Crippen molar-refractivity contribution in [3.05, 3.63) is 11.6 Å². The number of fused-ring (bicyclic) bond motifs is 5. The zero-order chi connectivity index (χ0) is 18.5. The number of aliphatic hydroxyl groups is 1. The van der Waals surface area contributed by atoms with E-state index in [1.54, 1.807) is 0 Å². The molecule has 4 rings (SSSR count). The van der Waals surface area contributed by atoms with E-state index in [2.05, 4.69) is 40.2 Å². The van der Waals surface area contributed by atoms with Gasteiger partial charge in [-0.05, 0) is 85.6 Å². The zero-order valence-electron chi connectivity index (χ0n) is 15.4. The van der Waals surface area contributed by atoms with E-state index in [0.717, 1.165) is 31.6 Å². The van der Waals surface area contributed by atoms with Crippen molar-refractivity contribution in [3.8, 4) is 11.3 Å². The number of allylic oxidation sites excluding steroid dienone is 1. The predicted octanol–water partition coefficient (Wildman–Crippen LogP) is 5.07. The molecule has 142 valence electrons. The summed E-state index contributed by atoms with van der Waals surface area (Å²) >= 11 is 8.97. The lowest BCUT2D eigenvalue weighted by atomic mass is 9.51. The van der Waals surface area contributed by atoms with Crippen molar-refractivity contribution < 1.29 is 9.90 Å². The van der Waals surface area contributed by atoms with Gasteiger partial charge >= 0.3 is 0 Å². The van der Waals surface area contributed by atoms with Gasteiger partial charge in [-0.2, -0.15) is 0 Å². The Morgan fingerprint density at radius 1 is 1.31 bits per heavy atom. The SMILES string of the molecule is C[C@]12CC[C@@H]3C4CC[C@](O)(C#CCl)CC4=CC[C@H]3[C@@H]1CC[C@@H]2C(=O)CBr. The van der Waals surface area contributed by atoms with Gasteiger partial charge in [-0.15, -0.1) is 0 Å². The maximum atomic E-state index is 12.5. The van der Waals surface area contributed by atoms with Gasteiger partial charge < -0.3 is 5.11 Å². The minimum Gasteiger partial charge on any atom is -0.377 e. The van der Waals surface area contributed by atoms with Crippen LogP contribution in [0.2, 0.25) is 0 Å². The quantitative estimate of drug-likeness (QED) is 0.370. The van der Waals surface area contributed by atoms with Gasteiger partial charge in [0.05, 0.1) is 5.33 Å². The third kappa shape index (κ3) is 2.92. The average molecular weight is 440 g/mol. The number of Topliss-reactive ketones (excluding diaryl/α,β-unsaturated/α-hetero) is 1. The lowest BCUT2D eigenvalue weighted by Gasteiger charge is -2.54. The topological polar surface area (TPSA) is 37.3 Å². The number of hydrogen-bond acceptors (Lipinski definition) is 2. The Morgan fingerprint density at radius 3 is 2.85 bits per heavy atom. The minimum atomic E-state index is -0.930. The van der Waals surface area contributed by atoms with Crippen LogP contribution in [-0.2, 0) is 4.79 Å². The van der Waals surface area contributed by atoms with Crippen LogP contribution in [0.25, 0.3) is 0 Å². The highest BCUT2D eigenvalue weighted by Crippen LogP contribution is 2.63. The van der Waals surface area contributed by atoms with Crippen molar-refractivity contribution in [3.63, 3.8) is 0 Å². The fourth-order valence-corrected chi connectivity index (χ4v) is 7.68. The fraction of sp³-hybridized carbons (Fsp3) is 0.773. The summed E-state index contributed by atoms with van der Waals surface area (Å²) in [4.78, 5) is 12.5. The summed E-state index contributed by atoms with van der Waals surface area (Å²) in [5.41, 5.74) is 0.673. The first-order valence-electron chi connectivity index (χ1n) is 10.0. The fourth-order valence-electron chi connectivity index (χ4n) is 7.11. The standard InChI is InChI=1S/C22H28BrClO2/c1-21-8-6-16-15-7-9-22(26,10-11-24)12-14(15)2-3-17(16)18(21)4-5-19(21)20(25)13-23/h2,15-19,26H,3-9,12-13H2,1H3/t15?,16-,17-,18+,19-,21+,22+/m1/s1. The highest BCUT2D eigenvalue weighted by molar-refractivity contribution is 9.09. The second-order valence-corrected chi connectivity index (χ2v) is 10.0. The van der Waals surface area contributed by atoms with E-state index in [0.29, 0.717) is 35.3 Å². The van der Waals surface area contributed by atoms with E-state index in [1.165, 1.54) is 24.8 Å². The third-order valence-corrected chi connectivity index (χ3v) is 8.95. The van der Waals surface area contributed by atoms with Crippen molar-refractivity contribution in [1.82, 2.24) is 0 Å². The van der Waals surface area contributed by atoms with Gasteiger partial charge in [-0.25, -0.2) is 0 Å². The highest BCUT2D eigenvalue weighted by atomic mass is 79.9. The second-order valence-electron chi connectivity index (χ2n) is 9.30. The molecule has 0 aromatic heterocycles. The molecular weight excluding hydrogens is 412 g/mol. The van der Waals surface area contributed by atoms with Gasteiger partial charge in [0, 0.05) is 17.7 Å². The maximum Gasteiger partial charge on any atom is 0.147 e. The summed E-state index contributed by atoms with van der Waals surface area (Å²) in [6, 6.07) is 0. The van der Waals surface area contributed by atoms with E-state index in [-0.39, 0.29) is 11.3 Å². The van der Waals surface area contributed by atoms with Gasteiger partial charge in [0.1, 0.15) is 11.4 Å². The molecule has 2 nitrogen and oxygen atoms in total. The Morgan fingerprint density at radius 2 is 2.12 bits per heavy atom. The molecule has 3 saturated carbocycles. The number of alkyl halides is 1. The number of hydrogen-bond donors (Lipinski definition) is 1. The molecule has 4 aliphatic rings. The number of carbonyl (C=O) groups excluding carboxylic acids is 1. The summed E-state index contributed by atoms with van der Waals surface area (Å²) in [7, 11) is 0. The monoisotopic (exact) mass is 438 g/mol. The summed E-state index contributed by atoms with van der Waals surface area (Å²) in [6.45, 7) is 2.39. The van der Waals surface area contributed by atoms with Crippen LogP contribution < -0.4 is 0 Å². The summed E-state index contributed by atoms with van der Waals surface area (Å²) in [6.07, 6.45) is 10.6. The smallest absolute Gasteiger partial charge is 0.147 e. The van der Waals surface area contributed by atoms with Crippen LogP contribution in [0.1, 0.15) is 58.3 Å². The third-order valence-electron chi connectivity index (χ3n) is 8.30. The molecule has 0 spiro atoms. The van der Waals surface area contributed by atoms with Gasteiger partial charge in [-0.3, -0.25) is 4.79 Å². The first kappa shape index (κ1) is 19.0. The van der Waals surface area contributed by atoms with Gasteiger partial charge in [0.15, 0.2) is 0 Å². The van der Waals surface area contributed by atoms with E-state index in [9.17, 15) is 9.90 Å². The Balaban J connectivity index is 1.57. The number of carbonyl (C=O) groups is 1. The Hall–Kier alpha value is -0.300. The number of rotatable bonds is 2. The van der Waals surface area contributed by atoms with Crippen LogP contribution in [0.15, 0.2) is 11.6 Å². The largest absolute Gasteiger partial charge is 0.377 e. The van der Waals surface area contributed by atoms with Crippen LogP contribution in [0.3, 0.4) is 0 Å². The molecular formula is C22H28BrClO2. The molecule has 7 atom stereocenters.